The number of hydrogen-bond acceptors (Lipinski definition) is 4. The molecule has 0 aliphatic rings. The molecule has 1 aromatic carbocycles. The largest absolute Gasteiger partial charge is 0.434 e. The highest BCUT2D eigenvalue weighted by Gasteiger charge is 2.13. The minimum Gasteiger partial charge on any atom is -0.434 e. The number of ether oxygens (including phenoxy) is 1. The fourth-order valence-electron chi connectivity index (χ4n) is 1.15. The van der Waals surface area contributed by atoms with Crippen LogP contribution in [0.15, 0.2) is 24.3 Å². The summed E-state index contributed by atoms with van der Waals surface area (Å²) >= 11 is 0. The molecule has 2 N–H and O–H groups in total. The van der Waals surface area contributed by atoms with Crippen molar-refractivity contribution in [2.75, 3.05) is 0 Å². The molecule has 0 atom stereocenters. The van der Waals surface area contributed by atoms with Gasteiger partial charge in [0.25, 0.3) is 5.69 Å². The lowest BCUT2D eigenvalue weighted by Gasteiger charge is -2.07. The van der Waals surface area contributed by atoms with Crippen molar-refractivity contribution in [2.45, 2.75) is 6.61 Å². The Bertz CT molecular complexity index is 503. The van der Waals surface area contributed by atoms with Gasteiger partial charge in [0.05, 0.1) is 4.92 Å². The van der Waals surface area contributed by atoms with E-state index >= 15 is 0 Å². The van der Waals surface area contributed by atoms with Crippen LogP contribution in [-0.4, -0.2) is 17.4 Å². The highest BCUT2D eigenvalue weighted by Crippen LogP contribution is 2.26. The van der Waals surface area contributed by atoms with Crippen molar-refractivity contribution in [2.24, 2.45) is 5.73 Å². The fraction of sp³-hybridized carbons (Fsp3) is 0.100. The first kappa shape index (κ1) is 13.6. The van der Waals surface area contributed by atoms with Crippen LogP contribution in [0.2, 0.25) is 0 Å². The van der Waals surface area contributed by atoms with E-state index in [1.165, 1.54) is 0 Å². The first-order valence-electron chi connectivity index (χ1n) is 4.61. The smallest absolute Gasteiger partial charge is 0.387 e. The number of rotatable bonds is 5. The van der Waals surface area contributed by atoms with Crippen molar-refractivity contribution in [3.63, 3.8) is 0 Å². The summed E-state index contributed by atoms with van der Waals surface area (Å²) in [4.78, 5) is 20.4. The second-order valence-electron chi connectivity index (χ2n) is 3.09. The number of alkyl halides is 2. The summed E-state index contributed by atoms with van der Waals surface area (Å²) in [6, 6.07) is 3.03. The molecule has 8 heteroatoms. The molecule has 0 heterocycles. The standard InChI is InChI=1S/C10H8F2N2O4/c11-10(12)18-8-3-2-7(14(16)17)5-6(8)1-4-9(13)15/h1-5,10H,(H2,13,15)/b4-1+. The van der Waals surface area contributed by atoms with E-state index in [0.717, 1.165) is 30.4 Å². The molecule has 0 bridgehead atoms. The van der Waals surface area contributed by atoms with Gasteiger partial charge in [0.2, 0.25) is 5.91 Å². The summed E-state index contributed by atoms with van der Waals surface area (Å²) in [6.45, 7) is -3.08. The molecule has 96 valence electrons. The number of non-ortho nitro benzene ring substituents is 1. The molecule has 0 spiro atoms. The second-order valence-corrected chi connectivity index (χ2v) is 3.09. The van der Waals surface area contributed by atoms with Crippen LogP contribution < -0.4 is 10.5 Å². The molecule has 1 aromatic rings. The topological polar surface area (TPSA) is 95.5 Å². The second kappa shape index (κ2) is 5.71. The van der Waals surface area contributed by atoms with E-state index < -0.39 is 17.4 Å². The number of nitrogens with zero attached hydrogens (tertiary/aromatic N) is 1. The van der Waals surface area contributed by atoms with Crippen LogP contribution >= 0.6 is 0 Å². The van der Waals surface area contributed by atoms with Crippen molar-refractivity contribution < 1.29 is 23.2 Å². The van der Waals surface area contributed by atoms with Gasteiger partial charge in [0, 0.05) is 23.8 Å². The number of carbonyl (C=O) groups is 1. The van der Waals surface area contributed by atoms with E-state index in [0.29, 0.717) is 0 Å². The molecule has 0 fully saturated rings. The molecule has 1 amide bonds. The maximum absolute atomic E-state index is 12.1. The monoisotopic (exact) mass is 258 g/mol. The summed E-state index contributed by atoms with van der Waals surface area (Å²) in [5, 5.41) is 10.5. The molecular formula is C10H8F2N2O4. The number of primary amides is 1. The third-order valence-electron chi connectivity index (χ3n) is 1.85. The van der Waals surface area contributed by atoms with Crippen LogP contribution in [-0.2, 0) is 4.79 Å². The summed E-state index contributed by atoms with van der Waals surface area (Å²) in [6.07, 6.45) is 1.95. The average molecular weight is 258 g/mol. The Kier molecular flexibility index (Phi) is 4.30. The zero-order chi connectivity index (χ0) is 13.7. The van der Waals surface area contributed by atoms with Gasteiger partial charge in [-0.1, -0.05) is 0 Å². The Morgan fingerprint density at radius 2 is 2.17 bits per heavy atom. The molecule has 6 nitrogen and oxygen atoms in total. The third kappa shape index (κ3) is 3.81. The molecule has 0 unspecified atom stereocenters. The zero-order valence-electron chi connectivity index (χ0n) is 8.88. The molecule has 0 aliphatic heterocycles. The molecule has 0 aromatic heterocycles. The summed E-state index contributed by atoms with van der Waals surface area (Å²) in [5.41, 5.74) is 4.48. The Labute approximate surface area is 99.8 Å². The van der Waals surface area contributed by atoms with Crippen molar-refractivity contribution in [1.29, 1.82) is 0 Å². The number of nitro groups is 1. The van der Waals surface area contributed by atoms with Crippen LogP contribution in [0.5, 0.6) is 5.75 Å². The molecule has 0 aliphatic carbocycles. The Hall–Kier alpha value is -2.51. The number of nitro benzene ring substituents is 1. The van der Waals surface area contributed by atoms with Crippen LogP contribution in [0.25, 0.3) is 6.08 Å². The molecule has 0 radical (unpaired) electrons. The SMILES string of the molecule is NC(=O)/C=C/c1cc([N+](=O)[O-])ccc1OC(F)F. The van der Waals surface area contributed by atoms with Crippen molar-refractivity contribution >= 4 is 17.7 Å². The first-order valence-corrected chi connectivity index (χ1v) is 4.61. The lowest BCUT2D eigenvalue weighted by molar-refractivity contribution is -0.384. The predicted octanol–water partition coefficient (Wildman–Crippen LogP) is 1.69. The zero-order valence-corrected chi connectivity index (χ0v) is 8.88. The van der Waals surface area contributed by atoms with Gasteiger partial charge in [-0.2, -0.15) is 8.78 Å². The van der Waals surface area contributed by atoms with E-state index in [2.05, 4.69) is 4.74 Å². The maximum Gasteiger partial charge on any atom is 0.387 e. The first-order chi connectivity index (χ1) is 8.40. The Balaban J connectivity index is 3.17. The van der Waals surface area contributed by atoms with Crippen molar-refractivity contribution in [1.82, 2.24) is 0 Å². The number of halogens is 2. The fourth-order valence-corrected chi connectivity index (χ4v) is 1.15. The van der Waals surface area contributed by atoms with Crippen molar-refractivity contribution in [3.8, 4) is 5.75 Å². The summed E-state index contributed by atoms with van der Waals surface area (Å²) < 4.78 is 28.3. The van der Waals surface area contributed by atoms with Gasteiger partial charge < -0.3 is 10.5 Å². The van der Waals surface area contributed by atoms with E-state index in [9.17, 15) is 23.7 Å². The van der Waals surface area contributed by atoms with E-state index in [1.807, 2.05) is 0 Å². The van der Waals surface area contributed by atoms with Gasteiger partial charge in [-0.05, 0) is 12.1 Å². The third-order valence-corrected chi connectivity index (χ3v) is 1.85. The Morgan fingerprint density at radius 1 is 1.50 bits per heavy atom. The number of benzene rings is 1. The molecular weight excluding hydrogens is 250 g/mol. The van der Waals surface area contributed by atoms with Gasteiger partial charge in [0.15, 0.2) is 0 Å². The van der Waals surface area contributed by atoms with Crippen LogP contribution in [0, 0.1) is 10.1 Å². The van der Waals surface area contributed by atoms with Gasteiger partial charge in [0.1, 0.15) is 5.75 Å². The van der Waals surface area contributed by atoms with Crippen LogP contribution in [0.3, 0.4) is 0 Å². The van der Waals surface area contributed by atoms with E-state index in [4.69, 9.17) is 5.73 Å². The lowest BCUT2D eigenvalue weighted by atomic mass is 10.1. The highest BCUT2D eigenvalue weighted by atomic mass is 19.3. The molecule has 18 heavy (non-hydrogen) atoms. The van der Waals surface area contributed by atoms with Crippen LogP contribution in [0.4, 0.5) is 14.5 Å². The average Bonchev–Trinajstić information content (AvgIpc) is 2.26. The number of carbonyl (C=O) groups excluding carboxylic acids is 1. The molecule has 0 saturated carbocycles. The quantitative estimate of drug-likeness (QED) is 0.494. The van der Waals surface area contributed by atoms with Crippen LogP contribution in [0.1, 0.15) is 5.56 Å². The van der Waals surface area contributed by atoms with Gasteiger partial charge in [-0.3, -0.25) is 14.9 Å². The summed E-state index contributed by atoms with van der Waals surface area (Å²) in [7, 11) is 0. The van der Waals surface area contributed by atoms with E-state index in [-0.39, 0.29) is 17.0 Å². The maximum atomic E-state index is 12.1. The minimum atomic E-state index is -3.08. The number of amides is 1. The number of hydrogen-bond donors (Lipinski definition) is 1. The highest BCUT2D eigenvalue weighted by molar-refractivity contribution is 5.90. The summed E-state index contributed by atoms with van der Waals surface area (Å²) in [5.74, 6) is -1.10. The van der Waals surface area contributed by atoms with Gasteiger partial charge in [-0.25, -0.2) is 0 Å². The van der Waals surface area contributed by atoms with E-state index in [1.54, 1.807) is 0 Å². The van der Waals surface area contributed by atoms with Gasteiger partial charge >= 0.3 is 6.61 Å². The predicted molar refractivity (Wildman–Crippen MR) is 58.0 cm³/mol. The van der Waals surface area contributed by atoms with Gasteiger partial charge in [-0.15, -0.1) is 0 Å². The minimum absolute atomic E-state index is 0.0386. The number of nitrogens with two attached hydrogens (primary N) is 1. The molecule has 1 rings (SSSR count). The normalized spacial score (nSPS) is 10.8. The Morgan fingerprint density at radius 3 is 2.67 bits per heavy atom. The van der Waals surface area contributed by atoms with Crippen molar-refractivity contribution in [3.05, 3.63) is 40.0 Å². The lowest BCUT2D eigenvalue weighted by Crippen LogP contribution is -2.06. The molecule has 0 saturated heterocycles.